The highest BCUT2D eigenvalue weighted by Crippen LogP contribution is 2.30. The molecule has 0 radical (unpaired) electrons. The number of hydrogen-bond donors (Lipinski definition) is 0. The molecule has 4 nitrogen and oxygen atoms in total. The van der Waals surface area contributed by atoms with Crippen molar-refractivity contribution in [2.24, 2.45) is 10.9 Å². The normalized spacial score (nSPS) is 15.6. The average molecular weight is 288 g/mol. The minimum absolute atomic E-state index is 0.00123. The monoisotopic (exact) mass is 288 g/mol. The van der Waals surface area contributed by atoms with Gasteiger partial charge in [-0.3, -0.25) is 4.79 Å². The molecule has 0 saturated heterocycles. The Hall–Kier alpha value is -1.88. The number of hydrogen-bond acceptors (Lipinski definition) is 3. The summed E-state index contributed by atoms with van der Waals surface area (Å²) >= 11 is 1.51. The maximum atomic E-state index is 11.9. The molecule has 0 aliphatic heterocycles. The smallest absolute Gasteiger partial charge is 0.251 e. The SMILES string of the molecule is C=CCn1c(=NC(=O)C2CC2)sc2cc(OC)ccc21. The van der Waals surface area contributed by atoms with Gasteiger partial charge in [-0.1, -0.05) is 17.4 Å². The topological polar surface area (TPSA) is 43.6 Å². The predicted octanol–water partition coefficient (Wildman–Crippen LogP) is 2.73. The Morgan fingerprint density at radius 3 is 3.05 bits per heavy atom. The summed E-state index contributed by atoms with van der Waals surface area (Å²) in [6.07, 6.45) is 3.77. The molecule has 0 N–H and O–H groups in total. The fourth-order valence-electron chi connectivity index (χ4n) is 2.09. The Labute approximate surface area is 121 Å². The Bertz CT molecular complexity index is 738. The largest absolute Gasteiger partial charge is 0.497 e. The summed E-state index contributed by atoms with van der Waals surface area (Å²) in [5.74, 6) is 0.956. The Balaban J connectivity index is 2.16. The van der Waals surface area contributed by atoms with E-state index >= 15 is 0 Å². The van der Waals surface area contributed by atoms with E-state index < -0.39 is 0 Å². The number of rotatable bonds is 4. The highest BCUT2D eigenvalue weighted by Gasteiger charge is 2.29. The first-order valence-corrected chi connectivity index (χ1v) is 7.41. The molecule has 1 saturated carbocycles. The Morgan fingerprint density at radius 2 is 2.40 bits per heavy atom. The van der Waals surface area contributed by atoms with Crippen LogP contribution in [-0.2, 0) is 11.3 Å². The van der Waals surface area contributed by atoms with Gasteiger partial charge in [0.05, 0.1) is 17.3 Å². The van der Waals surface area contributed by atoms with Gasteiger partial charge >= 0.3 is 0 Å². The predicted molar refractivity (Wildman–Crippen MR) is 79.9 cm³/mol. The quantitative estimate of drug-likeness (QED) is 0.812. The third-order valence-corrected chi connectivity index (χ3v) is 4.38. The molecular formula is C15H16N2O2S. The second-order valence-electron chi connectivity index (χ2n) is 4.84. The van der Waals surface area contributed by atoms with E-state index in [1.807, 2.05) is 28.8 Å². The minimum atomic E-state index is 0.00123. The van der Waals surface area contributed by atoms with Crippen molar-refractivity contribution in [3.8, 4) is 5.75 Å². The molecular weight excluding hydrogens is 272 g/mol. The van der Waals surface area contributed by atoms with Crippen LogP contribution in [0.4, 0.5) is 0 Å². The van der Waals surface area contributed by atoms with Crippen LogP contribution in [0.25, 0.3) is 10.2 Å². The van der Waals surface area contributed by atoms with Crippen molar-refractivity contribution in [1.82, 2.24) is 4.57 Å². The number of aromatic nitrogens is 1. The van der Waals surface area contributed by atoms with Gasteiger partial charge in [-0.25, -0.2) is 0 Å². The number of thiazole rings is 1. The third kappa shape index (κ3) is 2.41. The lowest BCUT2D eigenvalue weighted by atomic mass is 10.3. The molecule has 2 aromatic rings. The highest BCUT2D eigenvalue weighted by atomic mass is 32.1. The van der Waals surface area contributed by atoms with Crippen LogP contribution in [0.3, 0.4) is 0 Å². The van der Waals surface area contributed by atoms with Gasteiger partial charge in [-0.05, 0) is 31.0 Å². The molecule has 104 valence electrons. The number of carbonyl (C=O) groups excluding carboxylic acids is 1. The van der Waals surface area contributed by atoms with Crippen molar-refractivity contribution in [3.63, 3.8) is 0 Å². The first-order valence-electron chi connectivity index (χ1n) is 6.60. The molecule has 0 spiro atoms. The van der Waals surface area contributed by atoms with Gasteiger partial charge in [0, 0.05) is 12.5 Å². The van der Waals surface area contributed by atoms with Gasteiger partial charge in [-0.2, -0.15) is 4.99 Å². The second kappa shape index (κ2) is 5.25. The van der Waals surface area contributed by atoms with Crippen molar-refractivity contribution in [2.45, 2.75) is 19.4 Å². The van der Waals surface area contributed by atoms with Crippen molar-refractivity contribution < 1.29 is 9.53 Å². The molecule has 0 unspecified atom stereocenters. The molecule has 1 fully saturated rings. The molecule has 1 aliphatic carbocycles. The van der Waals surface area contributed by atoms with Gasteiger partial charge in [0.15, 0.2) is 4.80 Å². The Morgan fingerprint density at radius 1 is 1.60 bits per heavy atom. The van der Waals surface area contributed by atoms with Crippen LogP contribution in [0.5, 0.6) is 5.75 Å². The summed E-state index contributed by atoms with van der Waals surface area (Å²) in [5, 5.41) is 0. The van der Waals surface area contributed by atoms with Crippen LogP contribution in [-0.4, -0.2) is 17.6 Å². The van der Waals surface area contributed by atoms with Gasteiger partial charge in [0.1, 0.15) is 5.75 Å². The maximum Gasteiger partial charge on any atom is 0.251 e. The van der Waals surface area contributed by atoms with Crippen molar-refractivity contribution in [1.29, 1.82) is 0 Å². The van der Waals surface area contributed by atoms with Crippen LogP contribution >= 0.6 is 11.3 Å². The molecule has 1 aromatic carbocycles. The standard InChI is InChI=1S/C15H16N2O2S/c1-3-8-17-12-7-6-11(19-2)9-13(12)20-15(17)16-14(18)10-4-5-10/h3,6-7,9-10H,1,4-5,8H2,2H3. The van der Waals surface area contributed by atoms with Crippen LogP contribution in [0.1, 0.15) is 12.8 Å². The lowest BCUT2D eigenvalue weighted by molar-refractivity contribution is -0.119. The van der Waals surface area contributed by atoms with E-state index in [2.05, 4.69) is 11.6 Å². The minimum Gasteiger partial charge on any atom is -0.497 e. The van der Waals surface area contributed by atoms with E-state index in [-0.39, 0.29) is 11.8 Å². The van der Waals surface area contributed by atoms with Crippen LogP contribution in [0.15, 0.2) is 35.8 Å². The zero-order valence-corrected chi connectivity index (χ0v) is 12.2. The van der Waals surface area contributed by atoms with Crippen molar-refractivity contribution >= 4 is 27.5 Å². The highest BCUT2D eigenvalue weighted by molar-refractivity contribution is 7.16. The average Bonchev–Trinajstić information content (AvgIpc) is 3.24. The molecule has 5 heteroatoms. The number of nitrogens with zero attached hydrogens (tertiary/aromatic N) is 2. The number of amides is 1. The van der Waals surface area contributed by atoms with E-state index in [9.17, 15) is 4.79 Å². The van der Waals surface area contributed by atoms with Crippen LogP contribution < -0.4 is 9.54 Å². The lowest BCUT2D eigenvalue weighted by Gasteiger charge is -2.02. The molecule has 1 amide bonds. The third-order valence-electron chi connectivity index (χ3n) is 3.33. The molecule has 0 atom stereocenters. The lowest BCUT2D eigenvalue weighted by Crippen LogP contribution is -2.16. The maximum absolute atomic E-state index is 11.9. The number of ether oxygens (including phenoxy) is 1. The molecule has 1 aliphatic rings. The second-order valence-corrected chi connectivity index (χ2v) is 5.85. The molecule has 3 rings (SSSR count). The molecule has 20 heavy (non-hydrogen) atoms. The van der Waals surface area contributed by atoms with E-state index in [1.165, 1.54) is 11.3 Å². The fourth-order valence-corrected chi connectivity index (χ4v) is 3.16. The van der Waals surface area contributed by atoms with E-state index in [0.717, 1.165) is 33.6 Å². The van der Waals surface area contributed by atoms with Gasteiger partial charge in [0.25, 0.3) is 5.91 Å². The van der Waals surface area contributed by atoms with E-state index in [4.69, 9.17) is 4.74 Å². The number of fused-ring (bicyclic) bond motifs is 1. The summed E-state index contributed by atoms with van der Waals surface area (Å²) in [6, 6.07) is 5.89. The van der Waals surface area contributed by atoms with Gasteiger partial charge in [-0.15, -0.1) is 6.58 Å². The number of benzene rings is 1. The van der Waals surface area contributed by atoms with Gasteiger partial charge in [0.2, 0.25) is 0 Å². The summed E-state index contributed by atoms with van der Waals surface area (Å²) in [7, 11) is 1.65. The zero-order valence-electron chi connectivity index (χ0n) is 11.3. The summed E-state index contributed by atoms with van der Waals surface area (Å²) in [5.41, 5.74) is 1.05. The van der Waals surface area contributed by atoms with Crippen molar-refractivity contribution in [2.75, 3.05) is 7.11 Å². The number of allylic oxidation sites excluding steroid dienone is 1. The molecule has 1 heterocycles. The first-order chi connectivity index (χ1) is 9.72. The number of carbonyl (C=O) groups is 1. The fraction of sp³-hybridized carbons (Fsp3) is 0.333. The van der Waals surface area contributed by atoms with Crippen LogP contribution in [0, 0.1) is 5.92 Å². The van der Waals surface area contributed by atoms with E-state index in [0.29, 0.717) is 6.54 Å². The molecule has 1 aromatic heterocycles. The molecule has 0 bridgehead atoms. The van der Waals surface area contributed by atoms with Gasteiger partial charge < -0.3 is 9.30 Å². The summed E-state index contributed by atoms with van der Waals surface area (Å²) in [4.78, 5) is 16.9. The van der Waals surface area contributed by atoms with Crippen molar-refractivity contribution in [3.05, 3.63) is 35.7 Å². The first kappa shape index (κ1) is 13.1. The van der Waals surface area contributed by atoms with E-state index in [1.54, 1.807) is 7.11 Å². The number of methoxy groups -OCH3 is 1. The zero-order chi connectivity index (χ0) is 14.1. The van der Waals surface area contributed by atoms with Crippen LogP contribution in [0.2, 0.25) is 0 Å². The summed E-state index contributed by atoms with van der Waals surface area (Å²) < 4.78 is 8.32. The Kier molecular flexibility index (Phi) is 3.44. The summed E-state index contributed by atoms with van der Waals surface area (Å²) in [6.45, 7) is 4.42.